The highest BCUT2D eigenvalue weighted by molar-refractivity contribution is 7.87. The van der Waals surface area contributed by atoms with Gasteiger partial charge in [-0.25, -0.2) is 0 Å². The van der Waals surface area contributed by atoms with Crippen molar-refractivity contribution in [3.8, 4) is 22.6 Å². The minimum atomic E-state index is -3.62. The van der Waals surface area contributed by atoms with Crippen molar-refractivity contribution in [1.82, 2.24) is 0 Å². The van der Waals surface area contributed by atoms with Gasteiger partial charge in [0.2, 0.25) is 0 Å². The molecule has 0 amide bonds. The molecule has 8 heteroatoms. The summed E-state index contributed by atoms with van der Waals surface area (Å²) in [4.78, 5) is 0. The molecule has 0 saturated carbocycles. The normalized spacial score (nSPS) is 12.1. The van der Waals surface area contributed by atoms with Crippen molar-refractivity contribution in [3.05, 3.63) is 60.7 Å². The van der Waals surface area contributed by atoms with Crippen molar-refractivity contribution in [2.45, 2.75) is 39.5 Å². The van der Waals surface area contributed by atoms with E-state index in [0.29, 0.717) is 12.8 Å². The standard InChI is InChI=1S/C24H28O6S2/c1-3-5-14-31(25,26)29-23-9-7-8-19(17-23)20-10-11-22-18-24(13-12-21(22)16-20)30-32(27,28)15-6-4-2/h7-13,16-18H,3-6,14-15H2,1-2H3. The fourth-order valence-electron chi connectivity index (χ4n) is 3.20. The van der Waals surface area contributed by atoms with E-state index in [1.807, 2.05) is 38.1 Å². The van der Waals surface area contributed by atoms with Crippen LogP contribution in [-0.2, 0) is 20.2 Å². The van der Waals surface area contributed by atoms with Crippen LogP contribution in [0.4, 0.5) is 0 Å². The minimum Gasteiger partial charge on any atom is -0.382 e. The maximum atomic E-state index is 12.1. The number of unbranched alkanes of at least 4 members (excludes halogenated alkanes) is 2. The van der Waals surface area contributed by atoms with E-state index in [9.17, 15) is 16.8 Å². The lowest BCUT2D eigenvalue weighted by molar-refractivity contribution is 0.482. The van der Waals surface area contributed by atoms with Gasteiger partial charge in [-0.3, -0.25) is 0 Å². The van der Waals surface area contributed by atoms with Crippen molar-refractivity contribution >= 4 is 31.0 Å². The van der Waals surface area contributed by atoms with Crippen molar-refractivity contribution in [3.63, 3.8) is 0 Å². The zero-order chi connectivity index (χ0) is 23.2. The Hall–Kier alpha value is -2.58. The maximum Gasteiger partial charge on any atom is 0.309 e. The zero-order valence-electron chi connectivity index (χ0n) is 18.3. The van der Waals surface area contributed by atoms with E-state index >= 15 is 0 Å². The molecule has 0 aliphatic rings. The predicted molar refractivity (Wildman–Crippen MR) is 128 cm³/mol. The minimum absolute atomic E-state index is 0.00689. The van der Waals surface area contributed by atoms with Gasteiger partial charge in [-0.15, -0.1) is 0 Å². The molecule has 0 N–H and O–H groups in total. The first-order valence-electron chi connectivity index (χ1n) is 10.7. The lowest BCUT2D eigenvalue weighted by Gasteiger charge is -2.10. The fraction of sp³-hybridized carbons (Fsp3) is 0.333. The molecule has 0 spiro atoms. The molecule has 0 saturated heterocycles. The summed E-state index contributed by atoms with van der Waals surface area (Å²) in [6, 6.07) is 17.8. The summed E-state index contributed by atoms with van der Waals surface area (Å²) in [5.74, 6) is 0.545. The molecule has 0 aliphatic heterocycles. The highest BCUT2D eigenvalue weighted by Gasteiger charge is 2.14. The van der Waals surface area contributed by atoms with Crippen molar-refractivity contribution in [2.75, 3.05) is 11.5 Å². The van der Waals surface area contributed by atoms with Crippen LogP contribution in [0, 0.1) is 0 Å². The van der Waals surface area contributed by atoms with Crippen LogP contribution in [0.2, 0.25) is 0 Å². The van der Waals surface area contributed by atoms with Crippen LogP contribution in [0.15, 0.2) is 60.7 Å². The van der Waals surface area contributed by atoms with Crippen LogP contribution < -0.4 is 8.37 Å². The first-order valence-corrected chi connectivity index (χ1v) is 13.9. The lowest BCUT2D eigenvalue weighted by atomic mass is 10.0. The zero-order valence-corrected chi connectivity index (χ0v) is 19.9. The van der Waals surface area contributed by atoms with E-state index in [1.54, 1.807) is 36.4 Å². The molecule has 0 unspecified atom stereocenters. The van der Waals surface area contributed by atoms with Crippen LogP contribution in [0.25, 0.3) is 21.9 Å². The van der Waals surface area contributed by atoms with Gasteiger partial charge in [0.25, 0.3) is 0 Å². The van der Waals surface area contributed by atoms with Gasteiger partial charge in [0.15, 0.2) is 0 Å². The van der Waals surface area contributed by atoms with Gasteiger partial charge in [0, 0.05) is 0 Å². The molecule has 3 aromatic rings. The third kappa shape index (κ3) is 6.71. The smallest absolute Gasteiger partial charge is 0.309 e. The molecule has 6 nitrogen and oxygen atoms in total. The largest absolute Gasteiger partial charge is 0.382 e. The fourth-order valence-corrected chi connectivity index (χ4v) is 5.45. The Morgan fingerprint density at radius 3 is 1.78 bits per heavy atom. The van der Waals surface area contributed by atoms with E-state index in [0.717, 1.165) is 34.7 Å². The summed E-state index contributed by atoms with van der Waals surface area (Å²) in [6.45, 7) is 3.85. The van der Waals surface area contributed by atoms with Gasteiger partial charge in [0.1, 0.15) is 11.5 Å². The molecule has 0 atom stereocenters. The van der Waals surface area contributed by atoms with Crippen molar-refractivity contribution < 1.29 is 25.2 Å². The first kappa shape index (κ1) is 24.1. The van der Waals surface area contributed by atoms with E-state index in [4.69, 9.17) is 8.37 Å². The molecule has 3 rings (SSSR count). The van der Waals surface area contributed by atoms with Gasteiger partial charge in [-0.2, -0.15) is 16.8 Å². The third-order valence-electron chi connectivity index (χ3n) is 4.92. The quantitative estimate of drug-likeness (QED) is 0.339. The third-order valence-corrected chi connectivity index (χ3v) is 7.39. The summed E-state index contributed by atoms with van der Waals surface area (Å²) in [7, 11) is -7.22. The molecular weight excluding hydrogens is 448 g/mol. The molecular formula is C24H28O6S2. The van der Waals surface area contributed by atoms with E-state index in [-0.39, 0.29) is 23.0 Å². The van der Waals surface area contributed by atoms with E-state index in [2.05, 4.69) is 0 Å². The Balaban J connectivity index is 1.82. The van der Waals surface area contributed by atoms with Gasteiger partial charge in [-0.1, -0.05) is 57.0 Å². The Kier molecular flexibility index (Phi) is 7.79. The Labute approximate surface area is 190 Å². The summed E-state index contributed by atoms with van der Waals surface area (Å²) >= 11 is 0. The van der Waals surface area contributed by atoms with Crippen molar-refractivity contribution in [1.29, 1.82) is 0 Å². The SMILES string of the molecule is CCCCS(=O)(=O)Oc1cccc(-c2ccc3cc(OS(=O)(=O)CCCC)ccc3c2)c1. The van der Waals surface area contributed by atoms with Crippen LogP contribution in [-0.4, -0.2) is 28.3 Å². The number of hydrogen-bond donors (Lipinski definition) is 0. The van der Waals surface area contributed by atoms with Gasteiger partial charge in [-0.05, 0) is 65.1 Å². The molecule has 3 aromatic carbocycles. The van der Waals surface area contributed by atoms with Crippen LogP contribution in [0.3, 0.4) is 0 Å². The van der Waals surface area contributed by atoms with Gasteiger partial charge in [0.05, 0.1) is 11.5 Å². The highest BCUT2D eigenvalue weighted by Crippen LogP contribution is 2.30. The molecule has 0 bridgehead atoms. The summed E-state index contributed by atoms with van der Waals surface area (Å²) < 4.78 is 58.7. The second kappa shape index (κ2) is 10.4. The molecule has 0 heterocycles. The monoisotopic (exact) mass is 476 g/mol. The second-order valence-corrected chi connectivity index (χ2v) is 11.0. The highest BCUT2D eigenvalue weighted by atomic mass is 32.2. The molecule has 0 radical (unpaired) electrons. The maximum absolute atomic E-state index is 12.1. The predicted octanol–water partition coefficient (Wildman–Crippen LogP) is 5.52. The Bertz CT molecular complexity index is 1280. The second-order valence-electron chi connectivity index (χ2n) is 7.65. The number of rotatable bonds is 11. The van der Waals surface area contributed by atoms with E-state index < -0.39 is 20.2 Å². The number of fused-ring (bicyclic) bond motifs is 1. The average molecular weight is 477 g/mol. The van der Waals surface area contributed by atoms with Crippen LogP contribution in [0.5, 0.6) is 11.5 Å². The molecule has 0 fully saturated rings. The topological polar surface area (TPSA) is 86.7 Å². The lowest BCUT2D eigenvalue weighted by Crippen LogP contribution is -2.13. The Morgan fingerprint density at radius 2 is 1.16 bits per heavy atom. The average Bonchev–Trinajstić information content (AvgIpc) is 2.75. The number of benzene rings is 3. The van der Waals surface area contributed by atoms with Gasteiger partial charge < -0.3 is 8.37 Å². The van der Waals surface area contributed by atoms with Crippen LogP contribution in [0.1, 0.15) is 39.5 Å². The Morgan fingerprint density at radius 1 is 0.625 bits per heavy atom. The molecule has 0 aliphatic carbocycles. The summed E-state index contributed by atoms with van der Waals surface area (Å²) in [6.07, 6.45) is 2.66. The molecule has 0 aromatic heterocycles. The molecule has 32 heavy (non-hydrogen) atoms. The molecule has 172 valence electrons. The van der Waals surface area contributed by atoms with Gasteiger partial charge >= 0.3 is 20.2 Å². The van der Waals surface area contributed by atoms with Crippen LogP contribution >= 0.6 is 0 Å². The number of hydrogen-bond acceptors (Lipinski definition) is 6. The first-order chi connectivity index (χ1) is 15.2. The summed E-state index contributed by atoms with van der Waals surface area (Å²) in [5, 5.41) is 1.74. The van der Waals surface area contributed by atoms with Crippen molar-refractivity contribution in [2.24, 2.45) is 0 Å². The van der Waals surface area contributed by atoms with E-state index in [1.165, 1.54) is 0 Å². The summed E-state index contributed by atoms with van der Waals surface area (Å²) in [5.41, 5.74) is 1.70.